The normalized spacial score (nSPS) is 10.6. The zero-order valence-electron chi connectivity index (χ0n) is 16.3. The molecule has 4 rings (SSSR count). The lowest BCUT2D eigenvalue weighted by Crippen LogP contribution is -1.96. The molecule has 0 fully saturated rings. The van der Waals surface area contributed by atoms with Crippen molar-refractivity contribution in [1.29, 1.82) is 0 Å². The molecule has 0 saturated heterocycles. The van der Waals surface area contributed by atoms with Crippen LogP contribution in [0.25, 0.3) is 33.9 Å². The van der Waals surface area contributed by atoms with E-state index < -0.39 is 0 Å². The number of aromatic nitrogens is 2. The highest BCUT2D eigenvalue weighted by Crippen LogP contribution is 2.35. The SMILES string of the molecule is Cn1c(-c2ccc(C=O)cc2)nc(-c2ccc(C=O)cc2)c1-c1ccc(C=O)cc1. The van der Waals surface area contributed by atoms with Gasteiger partial charge in [-0.25, -0.2) is 4.98 Å². The number of benzene rings is 3. The molecular formula is C25H18N2O3. The van der Waals surface area contributed by atoms with Crippen molar-refractivity contribution in [3.05, 3.63) is 89.5 Å². The number of aldehydes is 3. The molecular weight excluding hydrogens is 376 g/mol. The van der Waals surface area contributed by atoms with Gasteiger partial charge in [-0.05, 0) is 0 Å². The minimum Gasteiger partial charge on any atom is -0.327 e. The number of hydrogen-bond acceptors (Lipinski definition) is 4. The van der Waals surface area contributed by atoms with E-state index in [1.54, 1.807) is 36.4 Å². The first kappa shape index (κ1) is 19.2. The van der Waals surface area contributed by atoms with Crippen LogP contribution in [0, 0.1) is 0 Å². The first-order valence-corrected chi connectivity index (χ1v) is 9.38. The van der Waals surface area contributed by atoms with Gasteiger partial charge in [0.1, 0.15) is 24.7 Å². The van der Waals surface area contributed by atoms with Gasteiger partial charge < -0.3 is 4.57 Å². The van der Waals surface area contributed by atoms with Crippen LogP contribution >= 0.6 is 0 Å². The van der Waals surface area contributed by atoms with Gasteiger partial charge in [0.05, 0.1) is 11.4 Å². The van der Waals surface area contributed by atoms with Gasteiger partial charge in [-0.2, -0.15) is 0 Å². The molecule has 0 aliphatic rings. The summed E-state index contributed by atoms with van der Waals surface area (Å²) >= 11 is 0. The van der Waals surface area contributed by atoms with Crippen molar-refractivity contribution in [3.63, 3.8) is 0 Å². The van der Waals surface area contributed by atoms with Crippen molar-refractivity contribution in [1.82, 2.24) is 9.55 Å². The van der Waals surface area contributed by atoms with E-state index in [2.05, 4.69) is 0 Å². The first-order valence-electron chi connectivity index (χ1n) is 9.38. The maximum Gasteiger partial charge on any atom is 0.150 e. The first-order chi connectivity index (χ1) is 14.6. The van der Waals surface area contributed by atoms with E-state index in [-0.39, 0.29) is 0 Å². The van der Waals surface area contributed by atoms with Gasteiger partial charge in [-0.15, -0.1) is 0 Å². The Morgan fingerprint density at radius 2 is 1.00 bits per heavy atom. The molecule has 0 bridgehead atoms. The molecule has 5 heteroatoms. The van der Waals surface area contributed by atoms with Gasteiger partial charge >= 0.3 is 0 Å². The Bertz CT molecular complexity index is 1220. The summed E-state index contributed by atoms with van der Waals surface area (Å²) in [6, 6.07) is 21.8. The van der Waals surface area contributed by atoms with Crippen molar-refractivity contribution in [3.8, 4) is 33.9 Å². The summed E-state index contributed by atoms with van der Waals surface area (Å²) in [5.74, 6) is 0.747. The number of carbonyl (C=O) groups excluding carboxylic acids is 3. The molecule has 146 valence electrons. The zero-order chi connectivity index (χ0) is 21.1. The van der Waals surface area contributed by atoms with E-state index in [0.29, 0.717) is 16.7 Å². The van der Waals surface area contributed by atoms with Crippen LogP contribution in [0.15, 0.2) is 72.8 Å². The van der Waals surface area contributed by atoms with Gasteiger partial charge in [0.25, 0.3) is 0 Å². The van der Waals surface area contributed by atoms with Crippen molar-refractivity contribution in [2.75, 3.05) is 0 Å². The smallest absolute Gasteiger partial charge is 0.150 e. The van der Waals surface area contributed by atoms with Crippen LogP contribution in [-0.2, 0) is 7.05 Å². The standard InChI is InChI=1S/C25H18N2O3/c1-27-24(21-10-4-18(15-29)5-11-21)23(20-8-2-17(14-28)3-9-20)26-25(27)22-12-6-19(16-30)7-13-22/h2-16H,1H3. The molecule has 0 radical (unpaired) electrons. The van der Waals surface area contributed by atoms with Gasteiger partial charge in [0.2, 0.25) is 0 Å². The van der Waals surface area contributed by atoms with Crippen LogP contribution in [0.5, 0.6) is 0 Å². The topological polar surface area (TPSA) is 69.0 Å². The second kappa shape index (κ2) is 8.09. The van der Waals surface area contributed by atoms with Crippen LogP contribution in [-0.4, -0.2) is 28.4 Å². The lowest BCUT2D eigenvalue weighted by atomic mass is 10.0. The van der Waals surface area contributed by atoms with Crippen LogP contribution in [0.4, 0.5) is 0 Å². The monoisotopic (exact) mass is 394 g/mol. The molecule has 4 aromatic rings. The molecule has 0 atom stereocenters. The predicted molar refractivity (Wildman–Crippen MR) is 116 cm³/mol. The fraction of sp³-hybridized carbons (Fsp3) is 0.0400. The number of rotatable bonds is 6. The highest BCUT2D eigenvalue weighted by molar-refractivity contribution is 5.85. The zero-order valence-corrected chi connectivity index (χ0v) is 16.3. The van der Waals surface area contributed by atoms with Crippen molar-refractivity contribution in [2.24, 2.45) is 7.05 Å². The highest BCUT2D eigenvalue weighted by Gasteiger charge is 2.19. The van der Waals surface area contributed by atoms with E-state index in [1.165, 1.54) is 0 Å². The van der Waals surface area contributed by atoms with Crippen LogP contribution < -0.4 is 0 Å². The average Bonchev–Trinajstić information content (AvgIpc) is 3.16. The molecule has 0 N–H and O–H groups in total. The van der Waals surface area contributed by atoms with Crippen molar-refractivity contribution >= 4 is 18.9 Å². The average molecular weight is 394 g/mol. The molecule has 30 heavy (non-hydrogen) atoms. The molecule has 5 nitrogen and oxygen atoms in total. The Kier molecular flexibility index (Phi) is 5.18. The van der Waals surface area contributed by atoms with E-state index in [0.717, 1.165) is 52.8 Å². The van der Waals surface area contributed by atoms with E-state index >= 15 is 0 Å². The highest BCUT2D eigenvalue weighted by atomic mass is 16.1. The van der Waals surface area contributed by atoms with Gasteiger partial charge in [0.15, 0.2) is 0 Å². The number of nitrogens with zero attached hydrogens (tertiary/aromatic N) is 2. The Labute approximate surface area is 173 Å². The third-order valence-corrected chi connectivity index (χ3v) is 5.04. The summed E-state index contributed by atoms with van der Waals surface area (Å²) in [5, 5.41) is 0. The summed E-state index contributed by atoms with van der Waals surface area (Å²) in [5.41, 5.74) is 6.12. The molecule has 0 aliphatic carbocycles. The Hall–Kier alpha value is -4.12. The third kappa shape index (κ3) is 3.49. The van der Waals surface area contributed by atoms with Gasteiger partial charge in [-0.3, -0.25) is 14.4 Å². The minimum atomic E-state index is 0.594. The molecule has 3 aromatic carbocycles. The molecule has 0 aliphatic heterocycles. The Morgan fingerprint density at radius 1 is 0.600 bits per heavy atom. The molecule has 1 heterocycles. The van der Waals surface area contributed by atoms with Crippen molar-refractivity contribution < 1.29 is 14.4 Å². The van der Waals surface area contributed by atoms with Crippen molar-refractivity contribution in [2.45, 2.75) is 0 Å². The van der Waals surface area contributed by atoms with Crippen LogP contribution in [0.2, 0.25) is 0 Å². The molecule has 0 saturated carbocycles. The fourth-order valence-corrected chi connectivity index (χ4v) is 3.44. The fourth-order valence-electron chi connectivity index (χ4n) is 3.44. The summed E-state index contributed by atoms with van der Waals surface area (Å²) < 4.78 is 1.99. The van der Waals surface area contributed by atoms with E-state index in [9.17, 15) is 14.4 Å². The molecule has 0 unspecified atom stereocenters. The lowest BCUT2D eigenvalue weighted by Gasteiger charge is -2.09. The van der Waals surface area contributed by atoms with Gasteiger partial charge in [0, 0.05) is 40.4 Å². The minimum absolute atomic E-state index is 0.594. The number of imidazole rings is 1. The maximum absolute atomic E-state index is 11.0. The number of hydrogen-bond donors (Lipinski definition) is 0. The molecule has 1 aromatic heterocycles. The third-order valence-electron chi connectivity index (χ3n) is 5.04. The Morgan fingerprint density at radius 3 is 1.43 bits per heavy atom. The largest absolute Gasteiger partial charge is 0.327 e. The van der Waals surface area contributed by atoms with E-state index in [1.807, 2.05) is 48.0 Å². The Balaban J connectivity index is 1.92. The second-order valence-corrected chi connectivity index (χ2v) is 6.91. The molecule has 0 amide bonds. The summed E-state index contributed by atoms with van der Waals surface area (Å²) in [4.78, 5) is 37.9. The van der Waals surface area contributed by atoms with Gasteiger partial charge in [-0.1, -0.05) is 72.8 Å². The van der Waals surface area contributed by atoms with Crippen LogP contribution in [0.3, 0.4) is 0 Å². The summed E-state index contributed by atoms with van der Waals surface area (Å²) in [6.45, 7) is 0. The lowest BCUT2D eigenvalue weighted by molar-refractivity contribution is 0.111. The quantitative estimate of drug-likeness (QED) is 0.438. The number of carbonyl (C=O) groups is 3. The summed E-state index contributed by atoms with van der Waals surface area (Å²) in [7, 11) is 1.93. The molecule has 0 spiro atoms. The van der Waals surface area contributed by atoms with Crippen LogP contribution in [0.1, 0.15) is 31.1 Å². The maximum atomic E-state index is 11.0. The van der Waals surface area contributed by atoms with E-state index in [4.69, 9.17) is 4.98 Å². The second-order valence-electron chi connectivity index (χ2n) is 6.91. The predicted octanol–water partition coefficient (Wildman–Crippen LogP) is 4.86. The summed E-state index contributed by atoms with van der Waals surface area (Å²) in [6.07, 6.45) is 2.43.